The Hall–Kier alpha value is -2.95. The van der Waals surface area contributed by atoms with E-state index in [0.717, 1.165) is 24.8 Å². The number of aliphatic carboxylic acids is 1. The second kappa shape index (κ2) is 8.83. The Kier molecular flexibility index (Phi) is 6.24. The van der Waals surface area contributed by atoms with Crippen LogP contribution in [0.3, 0.4) is 0 Å². The van der Waals surface area contributed by atoms with Gasteiger partial charge in [-0.3, -0.25) is 14.4 Å². The van der Waals surface area contributed by atoms with Crippen molar-refractivity contribution in [2.75, 3.05) is 0 Å². The van der Waals surface area contributed by atoms with Crippen molar-refractivity contribution in [2.24, 2.45) is 5.92 Å². The average Bonchev–Trinajstić information content (AvgIpc) is 3.18. The zero-order valence-corrected chi connectivity index (χ0v) is 16.0. The summed E-state index contributed by atoms with van der Waals surface area (Å²) >= 11 is 0. The van der Waals surface area contributed by atoms with Crippen LogP contribution in [0.25, 0.3) is 0 Å². The van der Waals surface area contributed by atoms with Gasteiger partial charge in [0.25, 0.3) is 0 Å². The molecule has 5 heteroatoms. The molecule has 0 saturated heterocycles. The standard InChI is InChI=1S/C23H25NO4/c1-15(23(27)28)22(17-6-3-2-4-7-17)24-21(26)13-12-20(25)19-11-10-16-8-5-9-18(16)14-19/h2-4,6-7,10-11,14-15,22H,5,8-9,12-13H2,1H3,(H,24,26)(H,27,28). The molecule has 0 radical (unpaired) electrons. The van der Waals surface area contributed by atoms with E-state index in [1.807, 2.05) is 24.3 Å². The summed E-state index contributed by atoms with van der Waals surface area (Å²) < 4.78 is 0. The largest absolute Gasteiger partial charge is 0.481 e. The summed E-state index contributed by atoms with van der Waals surface area (Å²) in [5, 5.41) is 12.2. The molecule has 0 saturated carbocycles. The first-order chi connectivity index (χ1) is 13.5. The number of carboxylic acids is 1. The molecule has 5 nitrogen and oxygen atoms in total. The van der Waals surface area contributed by atoms with Crippen LogP contribution in [0.2, 0.25) is 0 Å². The highest BCUT2D eigenvalue weighted by molar-refractivity contribution is 5.98. The molecule has 0 aliphatic heterocycles. The highest BCUT2D eigenvalue weighted by Gasteiger charge is 2.27. The third kappa shape index (κ3) is 4.66. The van der Waals surface area contributed by atoms with Gasteiger partial charge < -0.3 is 10.4 Å². The van der Waals surface area contributed by atoms with E-state index in [-0.39, 0.29) is 24.5 Å². The van der Waals surface area contributed by atoms with Gasteiger partial charge in [0.2, 0.25) is 5.91 Å². The summed E-state index contributed by atoms with van der Waals surface area (Å²) in [4.78, 5) is 36.3. The molecule has 2 atom stereocenters. The molecule has 2 aromatic carbocycles. The molecule has 0 aromatic heterocycles. The molecule has 1 amide bonds. The Balaban J connectivity index is 1.61. The first-order valence-electron chi connectivity index (χ1n) is 9.68. The van der Waals surface area contributed by atoms with Gasteiger partial charge in [0.15, 0.2) is 5.78 Å². The van der Waals surface area contributed by atoms with Crippen LogP contribution < -0.4 is 5.32 Å². The minimum Gasteiger partial charge on any atom is -0.481 e. The van der Waals surface area contributed by atoms with Crippen molar-refractivity contribution < 1.29 is 19.5 Å². The van der Waals surface area contributed by atoms with Crippen molar-refractivity contribution in [3.8, 4) is 0 Å². The van der Waals surface area contributed by atoms with Crippen LogP contribution in [0, 0.1) is 5.92 Å². The lowest BCUT2D eigenvalue weighted by Gasteiger charge is -2.23. The quantitative estimate of drug-likeness (QED) is 0.685. The van der Waals surface area contributed by atoms with Gasteiger partial charge in [-0.15, -0.1) is 0 Å². The first-order valence-corrected chi connectivity index (χ1v) is 9.68. The number of aryl methyl sites for hydroxylation is 2. The lowest BCUT2D eigenvalue weighted by atomic mass is 9.94. The van der Waals surface area contributed by atoms with Crippen LogP contribution in [-0.4, -0.2) is 22.8 Å². The predicted molar refractivity (Wildman–Crippen MR) is 106 cm³/mol. The lowest BCUT2D eigenvalue weighted by Crippen LogP contribution is -2.35. The van der Waals surface area contributed by atoms with Crippen molar-refractivity contribution >= 4 is 17.7 Å². The predicted octanol–water partition coefficient (Wildman–Crippen LogP) is 3.72. The zero-order valence-electron chi connectivity index (χ0n) is 16.0. The van der Waals surface area contributed by atoms with Gasteiger partial charge in [-0.25, -0.2) is 0 Å². The monoisotopic (exact) mass is 379 g/mol. The van der Waals surface area contributed by atoms with Crippen LogP contribution in [0.1, 0.15) is 59.3 Å². The van der Waals surface area contributed by atoms with Gasteiger partial charge in [0, 0.05) is 18.4 Å². The van der Waals surface area contributed by atoms with Crippen LogP contribution in [0.5, 0.6) is 0 Å². The third-order valence-electron chi connectivity index (χ3n) is 5.36. The number of hydrogen-bond donors (Lipinski definition) is 2. The molecule has 1 aliphatic rings. The SMILES string of the molecule is CC(C(=O)O)C(NC(=O)CCC(=O)c1ccc2c(c1)CCC2)c1ccccc1. The topological polar surface area (TPSA) is 83.5 Å². The first kappa shape index (κ1) is 19.8. The second-order valence-corrected chi connectivity index (χ2v) is 7.34. The molecule has 28 heavy (non-hydrogen) atoms. The number of fused-ring (bicyclic) bond motifs is 1. The van der Waals surface area contributed by atoms with Crippen molar-refractivity contribution in [1.82, 2.24) is 5.32 Å². The highest BCUT2D eigenvalue weighted by atomic mass is 16.4. The summed E-state index contributed by atoms with van der Waals surface area (Å²) in [5.41, 5.74) is 3.92. The van der Waals surface area contributed by atoms with E-state index in [1.165, 1.54) is 11.1 Å². The molecule has 3 rings (SSSR count). The van der Waals surface area contributed by atoms with Gasteiger partial charge in [0.1, 0.15) is 0 Å². The number of nitrogens with one attached hydrogen (secondary N) is 1. The van der Waals surface area contributed by atoms with Gasteiger partial charge in [-0.05, 0) is 48.9 Å². The fourth-order valence-electron chi connectivity index (χ4n) is 3.66. The van der Waals surface area contributed by atoms with E-state index < -0.39 is 17.9 Å². The molecule has 0 fully saturated rings. The molecule has 2 N–H and O–H groups in total. The van der Waals surface area contributed by atoms with E-state index >= 15 is 0 Å². The zero-order chi connectivity index (χ0) is 20.1. The number of carbonyl (C=O) groups excluding carboxylic acids is 2. The molecule has 0 heterocycles. The number of rotatable bonds is 8. The minimum absolute atomic E-state index is 0.0333. The van der Waals surface area contributed by atoms with E-state index in [9.17, 15) is 19.5 Å². The van der Waals surface area contributed by atoms with Gasteiger partial charge in [-0.1, -0.05) is 42.5 Å². The molecular weight excluding hydrogens is 354 g/mol. The summed E-state index contributed by atoms with van der Waals surface area (Å²) in [6.45, 7) is 1.57. The lowest BCUT2D eigenvalue weighted by molar-refractivity contribution is -0.142. The van der Waals surface area contributed by atoms with Crippen molar-refractivity contribution in [3.05, 3.63) is 70.8 Å². The Morgan fingerprint density at radius 1 is 1.00 bits per heavy atom. The molecule has 0 spiro atoms. The Morgan fingerprint density at radius 2 is 1.71 bits per heavy atom. The normalized spacial score (nSPS) is 14.8. The number of ketones is 1. The van der Waals surface area contributed by atoms with E-state index in [4.69, 9.17) is 0 Å². The Bertz CT molecular complexity index is 875. The number of carboxylic acid groups (broad SMARTS) is 1. The molecule has 2 aromatic rings. The summed E-state index contributed by atoms with van der Waals surface area (Å²) in [7, 11) is 0. The van der Waals surface area contributed by atoms with E-state index in [1.54, 1.807) is 31.2 Å². The number of carbonyl (C=O) groups is 3. The maximum Gasteiger partial charge on any atom is 0.308 e. The Labute approximate surface area is 164 Å². The van der Waals surface area contributed by atoms with Crippen molar-refractivity contribution in [3.63, 3.8) is 0 Å². The molecule has 1 aliphatic carbocycles. The summed E-state index contributed by atoms with van der Waals surface area (Å²) in [6.07, 6.45) is 3.33. The minimum atomic E-state index is -0.983. The van der Waals surface area contributed by atoms with Gasteiger partial charge in [0.05, 0.1) is 12.0 Å². The highest BCUT2D eigenvalue weighted by Crippen LogP contribution is 2.24. The van der Waals surface area contributed by atoms with E-state index in [2.05, 4.69) is 5.32 Å². The van der Waals surface area contributed by atoms with E-state index in [0.29, 0.717) is 5.56 Å². The molecule has 0 bridgehead atoms. The van der Waals surface area contributed by atoms with Crippen molar-refractivity contribution in [2.45, 2.75) is 45.1 Å². The smallest absolute Gasteiger partial charge is 0.308 e. The molecule has 2 unspecified atom stereocenters. The Morgan fingerprint density at radius 3 is 2.43 bits per heavy atom. The number of benzene rings is 2. The fourth-order valence-corrected chi connectivity index (χ4v) is 3.66. The summed E-state index contributed by atoms with van der Waals surface area (Å²) in [5.74, 6) is -2.15. The maximum absolute atomic E-state index is 12.5. The van der Waals surface area contributed by atoms with Crippen molar-refractivity contribution in [1.29, 1.82) is 0 Å². The molecule has 146 valence electrons. The maximum atomic E-state index is 12.5. The summed E-state index contributed by atoms with van der Waals surface area (Å²) in [6, 6.07) is 14.2. The average molecular weight is 379 g/mol. The fraction of sp³-hybridized carbons (Fsp3) is 0.348. The van der Waals surface area contributed by atoms with Gasteiger partial charge in [-0.2, -0.15) is 0 Å². The second-order valence-electron chi connectivity index (χ2n) is 7.34. The van der Waals surface area contributed by atoms with Crippen LogP contribution in [0.4, 0.5) is 0 Å². The van der Waals surface area contributed by atoms with Crippen LogP contribution in [-0.2, 0) is 22.4 Å². The number of amides is 1. The number of hydrogen-bond acceptors (Lipinski definition) is 3. The van der Waals surface area contributed by atoms with Crippen LogP contribution in [0.15, 0.2) is 48.5 Å². The van der Waals surface area contributed by atoms with Gasteiger partial charge >= 0.3 is 5.97 Å². The third-order valence-corrected chi connectivity index (χ3v) is 5.36. The number of Topliss-reactive ketones (excluding diaryl/α,β-unsaturated/α-hetero) is 1. The molecular formula is C23H25NO4. The van der Waals surface area contributed by atoms with Crippen LogP contribution >= 0.6 is 0 Å².